The molecule has 0 unspecified atom stereocenters. The number of methoxy groups -OCH3 is 1. The van der Waals surface area contributed by atoms with Gasteiger partial charge in [0.1, 0.15) is 10.8 Å². The highest BCUT2D eigenvalue weighted by atomic mass is 32.1. The van der Waals surface area contributed by atoms with Crippen LogP contribution in [0.25, 0.3) is 22.2 Å². The van der Waals surface area contributed by atoms with Gasteiger partial charge in [-0.3, -0.25) is 9.59 Å². The van der Waals surface area contributed by atoms with Gasteiger partial charge >= 0.3 is 0 Å². The lowest BCUT2D eigenvalue weighted by molar-refractivity contribution is 0.1000. The van der Waals surface area contributed by atoms with Crippen LogP contribution in [-0.2, 0) is 12.8 Å². The first-order valence-corrected chi connectivity index (χ1v) is 12.6. The van der Waals surface area contributed by atoms with Gasteiger partial charge in [0, 0.05) is 15.8 Å². The lowest BCUT2D eigenvalue weighted by Gasteiger charge is -2.20. The average molecular weight is 486 g/mol. The van der Waals surface area contributed by atoms with Crippen LogP contribution in [-0.4, -0.2) is 23.9 Å². The van der Waals surface area contributed by atoms with Gasteiger partial charge in [0.25, 0.3) is 11.8 Å². The summed E-state index contributed by atoms with van der Waals surface area (Å²) < 4.78 is 5.36. The molecule has 2 aromatic heterocycles. The second-order valence-electron chi connectivity index (χ2n) is 8.85. The van der Waals surface area contributed by atoms with E-state index in [1.165, 1.54) is 11.3 Å². The maximum atomic E-state index is 13.6. The molecule has 0 saturated heterocycles. The van der Waals surface area contributed by atoms with Crippen molar-refractivity contribution in [2.75, 3.05) is 12.4 Å². The van der Waals surface area contributed by atoms with Crippen LogP contribution in [0.5, 0.6) is 5.75 Å². The van der Waals surface area contributed by atoms with E-state index in [-0.39, 0.29) is 5.91 Å². The number of rotatable bonds is 6. The molecule has 0 fully saturated rings. The number of ether oxygens (including phenoxy) is 1. The average Bonchev–Trinajstić information content (AvgIpc) is 3.25. The van der Waals surface area contributed by atoms with Crippen molar-refractivity contribution >= 4 is 39.1 Å². The third-order valence-electron chi connectivity index (χ3n) is 6.74. The summed E-state index contributed by atoms with van der Waals surface area (Å²) in [7, 11) is 1.62. The number of amides is 2. The number of carbonyl (C=O) groups is 2. The molecule has 2 heterocycles. The number of thiophene rings is 1. The van der Waals surface area contributed by atoms with Gasteiger partial charge < -0.3 is 15.8 Å². The quantitative estimate of drug-likeness (QED) is 0.359. The van der Waals surface area contributed by atoms with Crippen molar-refractivity contribution in [3.8, 4) is 17.0 Å². The van der Waals surface area contributed by atoms with Crippen molar-refractivity contribution in [2.24, 2.45) is 11.7 Å². The van der Waals surface area contributed by atoms with Crippen LogP contribution in [0.2, 0.25) is 0 Å². The largest absolute Gasteiger partial charge is 0.497 e. The Bertz CT molecular complexity index is 1440. The molecule has 0 bridgehead atoms. The topological polar surface area (TPSA) is 94.3 Å². The summed E-state index contributed by atoms with van der Waals surface area (Å²) in [5.74, 6) is 0.523. The molecule has 2 amide bonds. The lowest BCUT2D eigenvalue weighted by atomic mass is 9.85. The van der Waals surface area contributed by atoms with E-state index in [4.69, 9.17) is 15.5 Å². The highest BCUT2D eigenvalue weighted by molar-refractivity contribution is 7.17. The predicted octanol–water partition coefficient (Wildman–Crippen LogP) is 5.84. The summed E-state index contributed by atoms with van der Waals surface area (Å²) in [6, 6.07) is 16.9. The number of carbonyl (C=O) groups excluding carboxylic acids is 2. The minimum absolute atomic E-state index is 0.291. The maximum absolute atomic E-state index is 13.6. The number of nitrogens with one attached hydrogen (secondary N) is 1. The molecule has 2 aromatic carbocycles. The van der Waals surface area contributed by atoms with E-state index in [0.717, 1.165) is 47.1 Å². The van der Waals surface area contributed by atoms with Crippen molar-refractivity contribution in [2.45, 2.75) is 32.6 Å². The van der Waals surface area contributed by atoms with Crippen LogP contribution in [0, 0.1) is 5.92 Å². The number of nitrogens with zero attached hydrogens (tertiary/aromatic N) is 1. The van der Waals surface area contributed by atoms with E-state index in [0.29, 0.717) is 39.0 Å². The van der Waals surface area contributed by atoms with Crippen molar-refractivity contribution in [1.82, 2.24) is 4.98 Å². The SMILES string of the molecule is CC[C@@H]1CCc2c(sc(NC(=O)c3cc(-c4cccc(OC)c4)nc4ccccc34)c2C(N)=O)C1. The number of hydrogen-bond acceptors (Lipinski definition) is 5. The predicted molar refractivity (Wildman–Crippen MR) is 140 cm³/mol. The molecule has 178 valence electrons. The summed E-state index contributed by atoms with van der Waals surface area (Å²) in [5, 5.41) is 4.29. The number of para-hydroxylation sites is 1. The lowest BCUT2D eigenvalue weighted by Crippen LogP contribution is -2.20. The summed E-state index contributed by atoms with van der Waals surface area (Å²) in [5.41, 5.74) is 9.95. The summed E-state index contributed by atoms with van der Waals surface area (Å²) in [4.78, 5) is 32.0. The Morgan fingerprint density at radius 3 is 2.77 bits per heavy atom. The van der Waals surface area contributed by atoms with Crippen LogP contribution in [0.15, 0.2) is 54.6 Å². The zero-order chi connectivity index (χ0) is 24.5. The van der Waals surface area contributed by atoms with E-state index in [1.807, 2.05) is 48.5 Å². The van der Waals surface area contributed by atoms with Gasteiger partial charge in [-0.15, -0.1) is 11.3 Å². The van der Waals surface area contributed by atoms with Gasteiger partial charge in [0.15, 0.2) is 0 Å². The molecule has 1 aliphatic rings. The van der Waals surface area contributed by atoms with Crippen molar-refractivity contribution < 1.29 is 14.3 Å². The number of anilines is 1. The molecule has 0 radical (unpaired) electrons. The van der Waals surface area contributed by atoms with Gasteiger partial charge in [-0.25, -0.2) is 4.98 Å². The Kier molecular flexibility index (Phi) is 6.26. The van der Waals surface area contributed by atoms with E-state index < -0.39 is 5.91 Å². The number of hydrogen-bond donors (Lipinski definition) is 2. The first kappa shape index (κ1) is 23.1. The number of nitrogens with two attached hydrogens (primary N) is 1. The van der Waals surface area contributed by atoms with Crippen LogP contribution in [0.3, 0.4) is 0 Å². The van der Waals surface area contributed by atoms with Crippen molar-refractivity contribution in [1.29, 1.82) is 0 Å². The van der Waals surface area contributed by atoms with Crippen LogP contribution in [0.1, 0.15) is 50.9 Å². The zero-order valence-corrected chi connectivity index (χ0v) is 20.6. The van der Waals surface area contributed by atoms with Crippen molar-refractivity contribution in [3.63, 3.8) is 0 Å². The normalized spacial score (nSPS) is 15.0. The third kappa shape index (κ3) is 4.39. The molecular weight excluding hydrogens is 458 g/mol. The fourth-order valence-electron chi connectivity index (χ4n) is 4.82. The van der Waals surface area contributed by atoms with E-state index in [1.54, 1.807) is 13.2 Å². The Balaban J connectivity index is 1.57. The first-order chi connectivity index (χ1) is 17.0. The minimum Gasteiger partial charge on any atom is -0.497 e. The maximum Gasteiger partial charge on any atom is 0.257 e. The molecule has 7 heteroatoms. The minimum atomic E-state index is -0.496. The first-order valence-electron chi connectivity index (χ1n) is 11.8. The Hall–Kier alpha value is -3.71. The van der Waals surface area contributed by atoms with Gasteiger partial charge in [0.2, 0.25) is 0 Å². The number of fused-ring (bicyclic) bond motifs is 2. The highest BCUT2D eigenvalue weighted by Crippen LogP contribution is 2.40. The summed E-state index contributed by atoms with van der Waals surface area (Å²) in [6.07, 6.45) is 3.87. The van der Waals surface area contributed by atoms with Crippen LogP contribution < -0.4 is 15.8 Å². The number of primary amides is 1. The summed E-state index contributed by atoms with van der Waals surface area (Å²) in [6.45, 7) is 2.19. The van der Waals surface area contributed by atoms with E-state index >= 15 is 0 Å². The summed E-state index contributed by atoms with van der Waals surface area (Å²) >= 11 is 1.48. The van der Waals surface area contributed by atoms with Crippen LogP contribution >= 0.6 is 11.3 Å². The van der Waals surface area contributed by atoms with E-state index in [9.17, 15) is 9.59 Å². The van der Waals surface area contributed by atoms with Crippen LogP contribution in [0.4, 0.5) is 5.00 Å². The highest BCUT2D eigenvalue weighted by Gasteiger charge is 2.28. The van der Waals surface area contributed by atoms with Gasteiger partial charge in [-0.2, -0.15) is 0 Å². The molecule has 5 rings (SSSR count). The van der Waals surface area contributed by atoms with Crippen molar-refractivity contribution in [3.05, 3.63) is 76.2 Å². The smallest absolute Gasteiger partial charge is 0.257 e. The molecule has 0 spiro atoms. The monoisotopic (exact) mass is 485 g/mol. The molecule has 35 heavy (non-hydrogen) atoms. The molecule has 1 atom stereocenters. The fraction of sp³-hybridized carbons (Fsp3) is 0.250. The molecule has 3 N–H and O–H groups in total. The zero-order valence-electron chi connectivity index (χ0n) is 19.8. The second kappa shape index (κ2) is 9.50. The Morgan fingerprint density at radius 2 is 2.00 bits per heavy atom. The standard InChI is InChI=1S/C28H27N3O3S/c1-3-16-11-12-20-24(13-16)35-28(25(20)26(29)32)31-27(33)21-15-23(17-7-6-8-18(14-17)34-2)30-22-10-5-4-9-19(21)22/h4-10,14-16H,3,11-13H2,1-2H3,(H2,29,32)(H,31,33)/t16-/m1/s1. The second-order valence-corrected chi connectivity index (χ2v) is 9.95. The fourth-order valence-corrected chi connectivity index (χ4v) is 6.18. The van der Waals surface area contributed by atoms with E-state index in [2.05, 4.69) is 12.2 Å². The number of aromatic nitrogens is 1. The molecule has 1 aliphatic carbocycles. The Morgan fingerprint density at radius 1 is 1.17 bits per heavy atom. The van der Waals surface area contributed by atoms with Gasteiger partial charge in [-0.05, 0) is 55.0 Å². The molecule has 6 nitrogen and oxygen atoms in total. The number of pyridine rings is 1. The van der Waals surface area contributed by atoms with Gasteiger partial charge in [-0.1, -0.05) is 43.7 Å². The molecular formula is C28H27N3O3S. The van der Waals surface area contributed by atoms with Gasteiger partial charge in [0.05, 0.1) is 29.4 Å². The third-order valence-corrected chi connectivity index (χ3v) is 7.91. The Labute approximate surface area is 208 Å². The number of benzene rings is 2. The molecule has 0 aliphatic heterocycles. The molecule has 0 saturated carbocycles. The molecule has 4 aromatic rings.